The van der Waals surface area contributed by atoms with Crippen LogP contribution in [0.15, 0.2) is 12.5 Å². The second-order valence-corrected chi connectivity index (χ2v) is 10.6. The van der Waals surface area contributed by atoms with Gasteiger partial charge >= 0.3 is 5.97 Å². The topological polar surface area (TPSA) is 258 Å². The van der Waals surface area contributed by atoms with Crippen LogP contribution in [0.4, 0.5) is 0 Å². The lowest BCUT2D eigenvalue weighted by molar-refractivity contribution is -0.145. The lowest BCUT2D eigenvalue weighted by Crippen LogP contribution is -2.60. The molecule has 0 aliphatic heterocycles. The molecule has 0 aromatic carbocycles. The minimum absolute atomic E-state index is 0.0210. The van der Waals surface area contributed by atoms with E-state index in [0.717, 1.165) is 0 Å². The van der Waals surface area contributed by atoms with Gasteiger partial charge in [0.15, 0.2) is 6.04 Å². The summed E-state index contributed by atoms with van der Waals surface area (Å²) in [7, 11) is 0. The number of hydrogen-bond acceptors (Lipinski definition) is 11. The van der Waals surface area contributed by atoms with Gasteiger partial charge < -0.3 is 47.5 Å². The smallest absolute Gasteiger partial charge is 0.328 e. The van der Waals surface area contributed by atoms with Crippen molar-refractivity contribution >= 4 is 60.8 Å². The predicted molar refractivity (Wildman–Crippen MR) is 157 cm³/mol. The molecule has 1 aromatic rings. The summed E-state index contributed by atoms with van der Waals surface area (Å²) < 4.78 is 0. The maximum Gasteiger partial charge on any atom is 0.328 e. The third-order valence-corrected chi connectivity index (χ3v) is 6.76. The van der Waals surface area contributed by atoms with E-state index in [1.165, 1.54) is 26.4 Å². The average Bonchev–Trinajstić information content (AvgIpc) is 3.44. The van der Waals surface area contributed by atoms with Crippen molar-refractivity contribution in [3.05, 3.63) is 18.2 Å². The van der Waals surface area contributed by atoms with Crippen LogP contribution in [0.3, 0.4) is 0 Å². The van der Waals surface area contributed by atoms with Crippen molar-refractivity contribution in [2.24, 2.45) is 11.7 Å². The van der Waals surface area contributed by atoms with E-state index in [1.54, 1.807) is 13.8 Å². The second-order valence-electron chi connectivity index (χ2n) is 9.90. The number of amides is 5. The normalized spacial score (nSPS) is 16.1. The summed E-state index contributed by atoms with van der Waals surface area (Å²) in [6.45, 7) is 5.83. The number of aromatic amines is 1. The summed E-state index contributed by atoms with van der Waals surface area (Å²) in [5, 5.41) is 30.9. The van der Waals surface area contributed by atoms with Gasteiger partial charge in [-0.15, -0.1) is 0 Å². The van der Waals surface area contributed by atoms with Gasteiger partial charge in [0.1, 0.15) is 24.2 Å². The van der Waals surface area contributed by atoms with E-state index in [1.807, 2.05) is 0 Å². The predicted octanol–water partition coefficient (Wildman–Crippen LogP) is -3.30. The molecule has 0 saturated heterocycles. The number of aliphatic carboxylic acids is 1. The molecule has 1 aromatic heterocycles. The van der Waals surface area contributed by atoms with E-state index in [-0.39, 0.29) is 17.9 Å². The number of nitrogens with two attached hydrogens (primary N) is 1. The Labute approximate surface area is 253 Å². The van der Waals surface area contributed by atoms with Gasteiger partial charge in [0, 0.05) is 29.8 Å². The van der Waals surface area contributed by atoms with Crippen molar-refractivity contribution in [1.82, 2.24) is 36.6 Å². The van der Waals surface area contributed by atoms with Gasteiger partial charge in [-0.2, -0.15) is 25.3 Å². The number of rotatable bonds is 17. The van der Waals surface area contributed by atoms with E-state index in [2.05, 4.69) is 61.8 Å². The van der Waals surface area contributed by atoms with E-state index >= 15 is 0 Å². The fourth-order valence-electron chi connectivity index (χ4n) is 3.48. The maximum absolute atomic E-state index is 13.0. The highest BCUT2D eigenvalue weighted by atomic mass is 32.1. The molecular weight excluding hydrogens is 592 g/mol. The zero-order chi connectivity index (χ0) is 32.1. The molecule has 5 amide bonds. The summed E-state index contributed by atoms with van der Waals surface area (Å²) in [5.41, 5.74) is 6.24. The maximum atomic E-state index is 13.0. The number of carboxylic acids is 1. The number of imidazole rings is 1. The Balaban J connectivity index is 2.93. The molecular formula is C24H40N8O8S2. The minimum atomic E-state index is -1.61. The molecule has 42 heavy (non-hydrogen) atoms. The fourth-order valence-corrected chi connectivity index (χ4v) is 3.90. The first-order valence-corrected chi connectivity index (χ1v) is 14.3. The van der Waals surface area contributed by atoms with Gasteiger partial charge in [0.25, 0.3) is 0 Å². The van der Waals surface area contributed by atoms with Crippen LogP contribution >= 0.6 is 25.3 Å². The molecule has 16 nitrogen and oxygen atoms in total. The molecule has 7 unspecified atom stereocenters. The Morgan fingerprint density at radius 1 is 0.833 bits per heavy atom. The first kappa shape index (κ1) is 36.7. The Hall–Kier alpha value is -3.35. The molecule has 0 fully saturated rings. The zero-order valence-corrected chi connectivity index (χ0v) is 25.4. The Morgan fingerprint density at radius 2 is 1.40 bits per heavy atom. The largest absolute Gasteiger partial charge is 0.480 e. The minimum Gasteiger partial charge on any atom is -0.480 e. The Morgan fingerprint density at radius 3 is 1.88 bits per heavy atom. The highest BCUT2D eigenvalue weighted by Crippen LogP contribution is 2.06. The summed E-state index contributed by atoms with van der Waals surface area (Å²) in [6, 6.07) is -7.30. The number of nitrogens with zero attached hydrogens (tertiary/aromatic N) is 1. The van der Waals surface area contributed by atoms with E-state index in [0.29, 0.717) is 5.69 Å². The third-order valence-electron chi connectivity index (χ3n) is 6.01. The third kappa shape index (κ3) is 11.5. The second kappa shape index (κ2) is 17.6. The van der Waals surface area contributed by atoms with Crippen molar-refractivity contribution < 1.29 is 39.0 Å². The Kier molecular flexibility index (Phi) is 15.3. The summed E-state index contributed by atoms with van der Waals surface area (Å²) in [4.78, 5) is 81.9. The van der Waals surface area contributed by atoms with Gasteiger partial charge in [-0.3, -0.25) is 24.0 Å². The lowest BCUT2D eigenvalue weighted by Gasteiger charge is -2.27. The number of nitrogens with one attached hydrogen (secondary N) is 6. The number of carbonyl (C=O) groups excluding carboxylic acids is 5. The SMILES string of the molecule is CC(NC(=O)C(Cc1cnc[nH]1)NC(=O)C(N)CS)C(=O)NC(C(=O)NC(CS)C(=O)NC(C(=O)O)C(C)O)C(C)C. The molecule has 0 saturated carbocycles. The van der Waals surface area contributed by atoms with Crippen LogP contribution in [0.25, 0.3) is 0 Å². The van der Waals surface area contributed by atoms with Crippen LogP contribution in [0.5, 0.6) is 0 Å². The number of aliphatic hydroxyl groups excluding tert-OH is 1. The summed E-state index contributed by atoms with van der Waals surface area (Å²) in [5.74, 6) is -5.83. The van der Waals surface area contributed by atoms with Crippen molar-refractivity contribution in [3.63, 3.8) is 0 Å². The molecule has 236 valence electrons. The van der Waals surface area contributed by atoms with Gasteiger partial charge in [-0.25, -0.2) is 9.78 Å². The molecule has 1 heterocycles. The first-order chi connectivity index (χ1) is 19.6. The average molecular weight is 633 g/mol. The van der Waals surface area contributed by atoms with Gasteiger partial charge in [0.05, 0.1) is 18.5 Å². The molecule has 0 radical (unpaired) electrons. The Bertz CT molecular complexity index is 1090. The number of aromatic nitrogens is 2. The molecule has 0 aliphatic carbocycles. The number of carboxylic acid groups (broad SMARTS) is 1. The van der Waals surface area contributed by atoms with Crippen molar-refractivity contribution in [3.8, 4) is 0 Å². The molecule has 0 bridgehead atoms. The highest BCUT2D eigenvalue weighted by Gasteiger charge is 2.33. The van der Waals surface area contributed by atoms with Crippen molar-refractivity contribution in [1.29, 1.82) is 0 Å². The molecule has 7 atom stereocenters. The van der Waals surface area contributed by atoms with Crippen molar-refractivity contribution in [2.75, 3.05) is 11.5 Å². The summed E-state index contributed by atoms with van der Waals surface area (Å²) in [6.07, 6.45) is 1.48. The molecule has 0 spiro atoms. The van der Waals surface area contributed by atoms with Gasteiger partial charge in [0.2, 0.25) is 29.5 Å². The number of carbonyl (C=O) groups is 6. The number of aliphatic hydroxyl groups is 1. The highest BCUT2D eigenvalue weighted by molar-refractivity contribution is 7.80. The quantitative estimate of drug-likeness (QED) is 0.0763. The van der Waals surface area contributed by atoms with Crippen LogP contribution < -0.4 is 32.3 Å². The van der Waals surface area contributed by atoms with E-state index in [4.69, 9.17) is 5.73 Å². The van der Waals surface area contributed by atoms with Crippen LogP contribution in [0.2, 0.25) is 0 Å². The zero-order valence-electron chi connectivity index (χ0n) is 23.7. The van der Waals surface area contributed by atoms with E-state index < -0.39 is 83.8 Å². The monoisotopic (exact) mass is 632 g/mol. The van der Waals surface area contributed by atoms with Crippen LogP contribution in [-0.2, 0) is 35.2 Å². The van der Waals surface area contributed by atoms with Crippen LogP contribution in [0, 0.1) is 5.92 Å². The van der Waals surface area contributed by atoms with Crippen LogP contribution in [0.1, 0.15) is 33.4 Å². The number of H-pyrrole nitrogens is 1. The van der Waals surface area contributed by atoms with Gasteiger partial charge in [-0.05, 0) is 19.8 Å². The molecule has 0 aliphatic rings. The summed E-state index contributed by atoms with van der Waals surface area (Å²) >= 11 is 8.03. The number of hydrogen-bond donors (Lipinski definition) is 11. The first-order valence-electron chi connectivity index (χ1n) is 13.0. The number of thiol groups is 2. The lowest BCUT2D eigenvalue weighted by atomic mass is 10.0. The standard InChI is InChI=1S/C24H40N8O8S2/c1-10(2)17(23(38)30-16(8-42)22(37)32-18(12(4)33)24(39)40)31-19(34)11(3)28-21(36)15(5-13-6-26-9-27-13)29-20(35)14(25)7-41/h6,9-12,14-18,33,41-42H,5,7-8,25H2,1-4H3,(H,26,27)(H,28,36)(H,29,35)(H,30,38)(H,31,34)(H,32,37)(H,39,40). The fraction of sp³-hybridized carbons (Fsp3) is 0.625. The molecule has 18 heteroatoms. The van der Waals surface area contributed by atoms with Crippen LogP contribution in [-0.4, -0.2) is 110 Å². The van der Waals surface area contributed by atoms with Gasteiger partial charge in [-0.1, -0.05) is 13.8 Å². The van der Waals surface area contributed by atoms with E-state index in [9.17, 15) is 39.0 Å². The van der Waals surface area contributed by atoms with Crippen molar-refractivity contribution in [2.45, 2.75) is 76.5 Å². The molecule has 1 rings (SSSR count). The molecule has 10 N–H and O–H groups in total.